The van der Waals surface area contributed by atoms with Gasteiger partial charge in [0.2, 0.25) is 0 Å². The molecule has 1 aliphatic rings. The Balaban J connectivity index is 0.00000128. The third-order valence-corrected chi connectivity index (χ3v) is 2.11. The lowest BCUT2D eigenvalue weighted by Gasteiger charge is -2.09. The fourth-order valence-electron chi connectivity index (χ4n) is 1.36. The van der Waals surface area contributed by atoms with E-state index < -0.39 is 29.6 Å². The Morgan fingerprint density at radius 3 is 2.50 bits per heavy atom. The lowest BCUT2D eigenvalue weighted by molar-refractivity contribution is 0.176. The second-order valence-electron chi connectivity index (χ2n) is 3.06. The highest BCUT2D eigenvalue weighted by atomic mass is 35.5. The highest BCUT2D eigenvalue weighted by molar-refractivity contribution is 5.85. The molecule has 1 N–H and O–H groups in total. The summed E-state index contributed by atoms with van der Waals surface area (Å²) in [5.74, 6) is -4.11. The van der Waals surface area contributed by atoms with Crippen molar-refractivity contribution in [2.75, 3.05) is 6.61 Å². The number of benzene rings is 1. The minimum Gasteiger partial charge on any atom is -0.447 e. The van der Waals surface area contributed by atoms with Crippen LogP contribution in [-0.4, -0.2) is 12.7 Å². The maximum absolute atomic E-state index is 13.2. The Hall–Kier alpha value is -1.43. The van der Waals surface area contributed by atoms with Crippen LogP contribution in [-0.2, 0) is 4.74 Å². The number of amides is 1. The van der Waals surface area contributed by atoms with Gasteiger partial charge in [-0.05, 0) is 6.07 Å². The molecule has 0 spiro atoms. The first-order valence-corrected chi connectivity index (χ1v) is 4.16. The quantitative estimate of drug-likeness (QED) is 0.780. The van der Waals surface area contributed by atoms with Gasteiger partial charge in [0.1, 0.15) is 6.61 Å². The molecule has 7 heteroatoms. The molecule has 1 amide bonds. The molecule has 88 valence electrons. The van der Waals surface area contributed by atoms with Crippen molar-refractivity contribution in [3.63, 3.8) is 0 Å². The van der Waals surface area contributed by atoms with E-state index in [9.17, 15) is 18.0 Å². The monoisotopic (exact) mass is 253 g/mol. The van der Waals surface area contributed by atoms with E-state index in [-0.39, 0.29) is 24.6 Å². The molecule has 1 saturated heterocycles. The summed E-state index contributed by atoms with van der Waals surface area (Å²) in [6, 6.07) is 1.11. The van der Waals surface area contributed by atoms with Gasteiger partial charge in [-0.15, -0.1) is 12.4 Å². The number of carbonyl (C=O) groups excluding carboxylic acids is 1. The van der Waals surface area contributed by atoms with Gasteiger partial charge in [-0.2, -0.15) is 0 Å². The molecule has 0 radical (unpaired) electrons. The third kappa shape index (κ3) is 2.06. The van der Waals surface area contributed by atoms with Gasteiger partial charge < -0.3 is 10.1 Å². The fourth-order valence-corrected chi connectivity index (χ4v) is 1.36. The summed E-state index contributed by atoms with van der Waals surface area (Å²) in [6.45, 7) is -0.0964. The minimum atomic E-state index is -1.55. The van der Waals surface area contributed by atoms with E-state index >= 15 is 0 Å². The Kier molecular flexibility index (Phi) is 3.64. The summed E-state index contributed by atoms with van der Waals surface area (Å²) in [7, 11) is 0. The van der Waals surface area contributed by atoms with E-state index in [0.717, 1.165) is 12.1 Å². The largest absolute Gasteiger partial charge is 0.447 e. The van der Waals surface area contributed by atoms with Crippen molar-refractivity contribution in [2.45, 2.75) is 6.04 Å². The topological polar surface area (TPSA) is 38.3 Å². The van der Waals surface area contributed by atoms with Gasteiger partial charge in [0.25, 0.3) is 0 Å². The number of hydrogen-bond donors (Lipinski definition) is 1. The zero-order valence-corrected chi connectivity index (χ0v) is 8.61. The molecule has 1 fully saturated rings. The van der Waals surface area contributed by atoms with Crippen molar-refractivity contribution >= 4 is 18.5 Å². The molecule has 1 aromatic carbocycles. The van der Waals surface area contributed by atoms with E-state index in [1.807, 2.05) is 0 Å². The van der Waals surface area contributed by atoms with Crippen LogP contribution in [0.4, 0.5) is 18.0 Å². The standard InChI is InChI=1S/C9H6F3NO2.ClH/c10-5-2-1-4(7(11)8(5)12)6-3-15-9(14)13-6;/h1-2,6H,3H2,(H,13,14);1H/t6-;/m0./s1. The van der Waals surface area contributed by atoms with Gasteiger partial charge in [0.05, 0.1) is 6.04 Å². The average molecular weight is 254 g/mol. The summed E-state index contributed by atoms with van der Waals surface area (Å²) in [5, 5.41) is 2.27. The van der Waals surface area contributed by atoms with Crippen LogP contribution in [0.25, 0.3) is 0 Å². The maximum Gasteiger partial charge on any atom is 0.407 e. The Morgan fingerprint density at radius 2 is 1.94 bits per heavy atom. The highest BCUT2D eigenvalue weighted by Gasteiger charge is 2.28. The first kappa shape index (κ1) is 12.6. The number of halogens is 4. The number of ether oxygens (including phenoxy) is 1. The molecule has 1 aromatic rings. The van der Waals surface area contributed by atoms with Crippen LogP contribution in [0.5, 0.6) is 0 Å². The number of nitrogens with one attached hydrogen (secondary N) is 1. The van der Waals surface area contributed by atoms with Gasteiger partial charge in [-0.1, -0.05) is 6.07 Å². The predicted octanol–water partition coefficient (Wildman–Crippen LogP) is 2.31. The lowest BCUT2D eigenvalue weighted by Crippen LogP contribution is -2.20. The van der Waals surface area contributed by atoms with Crippen LogP contribution >= 0.6 is 12.4 Å². The zero-order valence-electron chi connectivity index (χ0n) is 7.80. The second kappa shape index (κ2) is 4.61. The second-order valence-corrected chi connectivity index (χ2v) is 3.06. The molecule has 1 aliphatic heterocycles. The molecule has 1 atom stereocenters. The van der Waals surface area contributed by atoms with Crippen molar-refractivity contribution < 1.29 is 22.7 Å². The number of rotatable bonds is 1. The minimum absolute atomic E-state index is 0. The summed E-state index contributed by atoms with van der Waals surface area (Å²) in [4.78, 5) is 10.7. The van der Waals surface area contributed by atoms with E-state index in [1.165, 1.54) is 0 Å². The number of cyclic esters (lactones) is 1. The Morgan fingerprint density at radius 1 is 1.25 bits per heavy atom. The summed E-state index contributed by atoms with van der Waals surface area (Å²) in [5.41, 5.74) is -0.125. The molecule has 0 aromatic heterocycles. The number of hydrogen-bond acceptors (Lipinski definition) is 2. The zero-order chi connectivity index (χ0) is 11.0. The van der Waals surface area contributed by atoms with Gasteiger partial charge in [-0.3, -0.25) is 0 Å². The fraction of sp³-hybridized carbons (Fsp3) is 0.222. The predicted molar refractivity (Wildman–Crippen MR) is 50.8 cm³/mol. The van der Waals surface area contributed by atoms with Crippen molar-refractivity contribution in [1.82, 2.24) is 5.32 Å². The summed E-state index contributed by atoms with van der Waals surface area (Å²) >= 11 is 0. The van der Waals surface area contributed by atoms with Gasteiger partial charge in [-0.25, -0.2) is 18.0 Å². The Bertz CT molecular complexity index is 427. The van der Waals surface area contributed by atoms with Crippen LogP contribution in [0.15, 0.2) is 12.1 Å². The van der Waals surface area contributed by atoms with Gasteiger partial charge in [0, 0.05) is 5.56 Å². The molecular formula is C9H7ClF3NO2. The van der Waals surface area contributed by atoms with Crippen LogP contribution in [0.1, 0.15) is 11.6 Å². The Labute approximate surface area is 95.0 Å². The van der Waals surface area contributed by atoms with Crippen molar-refractivity contribution in [3.8, 4) is 0 Å². The molecule has 3 nitrogen and oxygen atoms in total. The smallest absolute Gasteiger partial charge is 0.407 e. The lowest BCUT2D eigenvalue weighted by atomic mass is 10.1. The first-order chi connectivity index (χ1) is 7.09. The van der Waals surface area contributed by atoms with Crippen molar-refractivity contribution in [2.24, 2.45) is 0 Å². The molecule has 16 heavy (non-hydrogen) atoms. The normalized spacial score (nSPS) is 18.7. The molecular weight excluding hydrogens is 247 g/mol. The highest BCUT2D eigenvalue weighted by Crippen LogP contribution is 2.24. The maximum atomic E-state index is 13.2. The average Bonchev–Trinajstić information content (AvgIpc) is 2.61. The van der Waals surface area contributed by atoms with Crippen LogP contribution in [0.3, 0.4) is 0 Å². The van der Waals surface area contributed by atoms with E-state index in [0.29, 0.717) is 0 Å². The third-order valence-electron chi connectivity index (χ3n) is 2.11. The van der Waals surface area contributed by atoms with E-state index in [4.69, 9.17) is 0 Å². The van der Waals surface area contributed by atoms with E-state index in [1.54, 1.807) is 0 Å². The van der Waals surface area contributed by atoms with Gasteiger partial charge >= 0.3 is 6.09 Å². The summed E-state index contributed by atoms with van der Waals surface area (Å²) in [6.07, 6.45) is -0.705. The molecule has 2 rings (SSSR count). The van der Waals surface area contributed by atoms with Crippen molar-refractivity contribution in [1.29, 1.82) is 0 Å². The molecule has 0 saturated carbocycles. The molecule has 0 unspecified atom stereocenters. The molecule has 1 heterocycles. The SMILES string of the molecule is Cl.O=C1N[C@H](c2ccc(F)c(F)c2F)CO1. The molecule has 0 bridgehead atoms. The molecule has 0 aliphatic carbocycles. The van der Waals surface area contributed by atoms with Crippen molar-refractivity contribution in [3.05, 3.63) is 35.1 Å². The van der Waals surface area contributed by atoms with Crippen LogP contribution < -0.4 is 5.32 Å². The van der Waals surface area contributed by atoms with Gasteiger partial charge in [0.15, 0.2) is 17.5 Å². The number of carbonyl (C=O) groups is 1. The van der Waals surface area contributed by atoms with E-state index in [2.05, 4.69) is 10.1 Å². The first-order valence-electron chi connectivity index (χ1n) is 4.16. The number of alkyl carbamates (subject to hydrolysis) is 1. The van der Waals surface area contributed by atoms with Crippen LogP contribution in [0.2, 0.25) is 0 Å². The van der Waals surface area contributed by atoms with Crippen LogP contribution in [0, 0.1) is 17.5 Å². The summed E-state index contributed by atoms with van der Waals surface area (Å²) < 4.78 is 43.2.